The van der Waals surface area contributed by atoms with Crippen LogP contribution in [0.5, 0.6) is 0 Å². The van der Waals surface area contributed by atoms with E-state index >= 15 is 0 Å². The second-order valence-corrected chi connectivity index (χ2v) is 7.16. The Morgan fingerprint density at radius 2 is 2.04 bits per heavy atom. The topological polar surface area (TPSA) is 100 Å². The van der Waals surface area contributed by atoms with Crippen molar-refractivity contribution in [2.45, 2.75) is 31.8 Å². The lowest BCUT2D eigenvalue weighted by Gasteiger charge is -2.29. The van der Waals surface area contributed by atoms with Crippen LogP contribution in [0.2, 0.25) is 0 Å². The molecule has 1 aromatic heterocycles. The Hall–Kier alpha value is -3.00. The highest BCUT2D eigenvalue weighted by Crippen LogP contribution is 2.29. The number of carbonyl (C=O) groups is 1. The fourth-order valence-corrected chi connectivity index (χ4v) is 3.31. The summed E-state index contributed by atoms with van der Waals surface area (Å²) in [6.45, 7) is 3.74. The summed E-state index contributed by atoms with van der Waals surface area (Å²) in [6.07, 6.45) is 3.44. The van der Waals surface area contributed by atoms with Crippen molar-refractivity contribution in [2.75, 3.05) is 25.5 Å². The lowest BCUT2D eigenvalue weighted by Crippen LogP contribution is -2.43. The molecular formula is C20H25N5O3. The Morgan fingerprint density at radius 1 is 1.29 bits per heavy atom. The van der Waals surface area contributed by atoms with Crippen LogP contribution >= 0.6 is 0 Å². The molecule has 1 aliphatic rings. The maximum Gasteiger partial charge on any atom is 0.293 e. The molecule has 148 valence electrons. The second-order valence-electron chi connectivity index (χ2n) is 7.16. The van der Waals surface area contributed by atoms with E-state index in [4.69, 9.17) is 0 Å². The minimum atomic E-state index is -0.472. The van der Waals surface area contributed by atoms with Crippen LogP contribution in [0.15, 0.2) is 42.6 Å². The molecular weight excluding hydrogens is 358 g/mol. The van der Waals surface area contributed by atoms with E-state index in [1.54, 1.807) is 18.3 Å². The molecule has 1 aromatic carbocycles. The third-order valence-electron chi connectivity index (χ3n) is 5.01. The van der Waals surface area contributed by atoms with Crippen molar-refractivity contribution in [1.82, 2.24) is 15.2 Å². The van der Waals surface area contributed by atoms with E-state index in [9.17, 15) is 14.9 Å². The fourth-order valence-electron chi connectivity index (χ4n) is 3.31. The summed E-state index contributed by atoms with van der Waals surface area (Å²) in [6, 6.07) is 9.96. The van der Waals surface area contributed by atoms with Crippen LogP contribution in [0.3, 0.4) is 0 Å². The van der Waals surface area contributed by atoms with Gasteiger partial charge in [0, 0.05) is 23.9 Å². The zero-order valence-corrected chi connectivity index (χ0v) is 16.1. The third kappa shape index (κ3) is 4.83. The monoisotopic (exact) mass is 383 g/mol. The molecule has 1 aliphatic heterocycles. The van der Waals surface area contributed by atoms with Crippen LogP contribution in [0.25, 0.3) is 0 Å². The van der Waals surface area contributed by atoms with Crippen LogP contribution < -0.4 is 10.6 Å². The number of hydrogen-bond acceptors (Lipinski definition) is 6. The van der Waals surface area contributed by atoms with Gasteiger partial charge in [-0.25, -0.2) is 0 Å². The van der Waals surface area contributed by atoms with E-state index in [0.717, 1.165) is 31.6 Å². The molecule has 0 aliphatic carbocycles. The second kappa shape index (κ2) is 8.79. The van der Waals surface area contributed by atoms with E-state index in [-0.39, 0.29) is 23.7 Å². The summed E-state index contributed by atoms with van der Waals surface area (Å²) in [5, 5.41) is 17.7. The van der Waals surface area contributed by atoms with Crippen molar-refractivity contribution < 1.29 is 9.72 Å². The minimum absolute atomic E-state index is 0.102. The number of amides is 1. The van der Waals surface area contributed by atoms with Gasteiger partial charge in [-0.2, -0.15) is 0 Å². The van der Waals surface area contributed by atoms with Crippen LogP contribution in [0, 0.1) is 10.1 Å². The van der Waals surface area contributed by atoms with Crippen molar-refractivity contribution in [3.05, 3.63) is 64.0 Å². The van der Waals surface area contributed by atoms with Crippen molar-refractivity contribution in [2.24, 2.45) is 0 Å². The quantitative estimate of drug-likeness (QED) is 0.587. The number of aromatic nitrogens is 1. The van der Waals surface area contributed by atoms with Crippen molar-refractivity contribution in [3.8, 4) is 0 Å². The number of nitrogens with one attached hydrogen (secondary N) is 2. The summed E-state index contributed by atoms with van der Waals surface area (Å²) in [5.41, 5.74) is 1.31. The first-order valence-corrected chi connectivity index (χ1v) is 9.39. The van der Waals surface area contributed by atoms with Gasteiger partial charge in [0.25, 0.3) is 11.6 Å². The highest BCUT2D eigenvalue weighted by atomic mass is 16.6. The SMILES string of the molecule is CC(Nc1ccc(C(=O)NC2CCN(C)CC2)cc1[N+](=O)[O-])c1ccccn1. The molecule has 2 N–H and O–H groups in total. The van der Waals surface area contributed by atoms with Gasteiger partial charge in [0.2, 0.25) is 0 Å². The number of benzene rings is 1. The molecule has 1 unspecified atom stereocenters. The van der Waals surface area contributed by atoms with E-state index in [1.807, 2.05) is 25.1 Å². The van der Waals surface area contributed by atoms with Crippen LogP contribution in [0.4, 0.5) is 11.4 Å². The van der Waals surface area contributed by atoms with Crippen molar-refractivity contribution in [1.29, 1.82) is 0 Å². The van der Waals surface area contributed by atoms with Gasteiger partial charge in [-0.1, -0.05) is 6.07 Å². The molecule has 2 heterocycles. The number of rotatable bonds is 6. The molecule has 1 atom stereocenters. The zero-order valence-electron chi connectivity index (χ0n) is 16.1. The van der Waals surface area contributed by atoms with Gasteiger partial charge >= 0.3 is 0 Å². The van der Waals surface area contributed by atoms with E-state index in [2.05, 4.69) is 27.6 Å². The van der Waals surface area contributed by atoms with Gasteiger partial charge in [0.05, 0.1) is 16.7 Å². The van der Waals surface area contributed by atoms with Crippen molar-refractivity contribution >= 4 is 17.3 Å². The van der Waals surface area contributed by atoms with Crippen LogP contribution in [-0.2, 0) is 0 Å². The van der Waals surface area contributed by atoms with E-state index in [0.29, 0.717) is 11.3 Å². The molecule has 0 spiro atoms. The standard InChI is InChI=1S/C20H25N5O3/c1-14(17-5-3-4-10-21-17)22-18-7-6-15(13-19(18)25(27)28)20(26)23-16-8-11-24(2)12-9-16/h3-7,10,13-14,16,22H,8-9,11-12H2,1-2H3,(H,23,26). The van der Waals surface area contributed by atoms with Crippen LogP contribution in [0.1, 0.15) is 41.9 Å². The maximum atomic E-state index is 12.5. The number of carbonyl (C=O) groups excluding carboxylic acids is 1. The Kier molecular flexibility index (Phi) is 6.20. The number of likely N-dealkylation sites (tertiary alicyclic amines) is 1. The van der Waals surface area contributed by atoms with Gasteiger partial charge in [0.15, 0.2) is 0 Å². The highest BCUT2D eigenvalue weighted by Gasteiger charge is 2.22. The number of hydrogen-bond donors (Lipinski definition) is 2. The molecule has 2 aromatic rings. The third-order valence-corrected chi connectivity index (χ3v) is 5.01. The van der Waals surface area contributed by atoms with Gasteiger partial charge in [-0.05, 0) is 64.2 Å². The highest BCUT2D eigenvalue weighted by molar-refractivity contribution is 5.96. The van der Waals surface area contributed by atoms with Gasteiger partial charge in [-0.15, -0.1) is 0 Å². The first-order valence-electron chi connectivity index (χ1n) is 9.39. The maximum absolute atomic E-state index is 12.5. The predicted molar refractivity (Wildman–Crippen MR) is 107 cm³/mol. The van der Waals surface area contributed by atoms with E-state index in [1.165, 1.54) is 6.07 Å². The molecule has 8 heteroatoms. The molecule has 8 nitrogen and oxygen atoms in total. The number of pyridine rings is 1. The Balaban J connectivity index is 1.73. The average Bonchev–Trinajstić information content (AvgIpc) is 2.70. The predicted octanol–water partition coefficient (Wildman–Crippen LogP) is 2.99. The lowest BCUT2D eigenvalue weighted by molar-refractivity contribution is -0.384. The van der Waals surface area contributed by atoms with Crippen molar-refractivity contribution in [3.63, 3.8) is 0 Å². The molecule has 28 heavy (non-hydrogen) atoms. The lowest BCUT2D eigenvalue weighted by atomic mass is 10.0. The zero-order chi connectivity index (χ0) is 20.1. The summed E-state index contributed by atoms with van der Waals surface area (Å²) in [4.78, 5) is 30.1. The summed E-state index contributed by atoms with van der Waals surface area (Å²) in [5.74, 6) is -0.276. The molecule has 1 amide bonds. The molecule has 1 fully saturated rings. The summed E-state index contributed by atoms with van der Waals surface area (Å²) < 4.78 is 0. The van der Waals surface area contributed by atoms with Gasteiger partial charge in [0.1, 0.15) is 5.69 Å². The first kappa shape index (κ1) is 19.8. The molecule has 0 bridgehead atoms. The average molecular weight is 383 g/mol. The first-order chi connectivity index (χ1) is 13.4. The Labute approximate surface area is 164 Å². The molecule has 1 saturated heterocycles. The van der Waals surface area contributed by atoms with E-state index < -0.39 is 4.92 Å². The molecule has 0 radical (unpaired) electrons. The van der Waals surface area contributed by atoms with Gasteiger partial charge < -0.3 is 15.5 Å². The number of piperidine rings is 1. The molecule has 3 rings (SSSR count). The van der Waals surface area contributed by atoms with Gasteiger partial charge in [-0.3, -0.25) is 19.9 Å². The van der Waals surface area contributed by atoms with Crippen LogP contribution in [-0.4, -0.2) is 46.9 Å². The number of nitro groups is 1. The number of nitrogens with zero attached hydrogens (tertiary/aromatic N) is 3. The Morgan fingerprint density at radius 3 is 2.68 bits per heavy atom. The summed E-state index contributed by atoms with van der Waals surface area (Å²) in [7, 11) is 2.05. The minimum Gasteiger partial charge on any atom is -0.371 e. The summed E-state index contributed by atoms with van der Waals surface area (Å²) >= 11 is 0. The fraction of sp³-hybridized carbons (Fsp3) is 0.400. The number of nitro benzene ring substituents is 1. The smallest absolute Gasteiger partial charge is 0.293 e. The normalized spacial score (nSPS) is 16.4. The Bertz CT molecular complexity index is 835. The molecule has 0 saturated carbocycles. The number of anilines is 1. The largest absolute Gasteiger partial charge is 0.371 e.